The molecule has 156 valence electrons. The number of amides is 3. The van der Waals surface area contributed by atoms with Gasteiger partial charge in [-0.15, -0.1) is 0 Å². The van der Waals surface area contributed by atoms with Crippen molar-refractivity contribution in [3.05, 3.63) is 34.7 Å². The third kappa shape index (κ3) is 5.41. The predicted octanol–water partition coefficient (Wildman–Crippen LogP) is 4.16. The van der Waals surface area contributed by atoms with E-state index in [2.05, 4.69) is 13.8 Å². The number of hydrogen-bond acceptors (Lipinski definition) is 5. The minimum atomic E-state index is -0.404. The molecule has 0 unspecified atom stereocenters. The van der Waals surface area contributed by atoms with Gasteiger partial charge in [-0.2, -0.15) is 0 Å². The van der Waals surface area contributed by atoms with Crippen LogP contribution in [-0.2, 0) is 9.59 Å². The van der Waals surface area contributed by atoms with Crippen LogP contribution in [0, 0.1) is 5.92 Å². The lowest BCUT2D eigenvalue weighted by Crippen LogP contribution is -2.45. The van der Waals surface area contributed by atoms with Crippen LogP contribution in [0.25, 0.3) is 6.08 Å². The standard InChI is InChI=1S/C22H28N2O4S/c1-4-16(3)28-18-7-5-17(6-8-18)13-19-21(26)24(22(27)29-19)14-20(25)23-11-9-15(2)10-12-23/h5-8,13,15-16H,4,9-12,14H2,1-3H3/b19-13-/t16-/m1/s1. The van der Waals surface area contributed by atoms with Crippen LogP contribution in [0.4, 0.5) is 4.79 Å². The minimum absolute atomic E-state index is 0.137. The molecule has 0 N–H and O–H groups in total. The Morgan fingerprint density at radius 2 is 1.90 bits per heavy atom. The molecule has 29 heavy (non-hydrogen) atoms. The number of thioether (sulfide) groups is 1. The zero-order valence-electron chi connectivity index (χ0n) is 17.2. The highest BCUT2D eigenvalue weighted by atomic mass is 32.2. The summed E-state index contributed by atoms with van der Waals surface area (Å²) in [6, 6.07) is 7.41. The summed E-state index contributed by atoms with van der Waals surface area (Å²) in [6.07, 6.45) is 4.67. The molecule has 1 aromatic rings. The number of hydrogen-bond donors (Lipinski definition) is 0. The third-order valence-electron chi connectivity index (χ3n) is 5.39. The molecule has 7 heteroatoms. The second-order valence-electron chi connectivity index (χ2n) is 7.74. The first-order chi connectivity index (χ1) is 13.9. The van der Waals surface area contributed by atoms with Crippen molar-refractivity contribution in [2.24, 2.45) is 5.92 Å². The zero-order chi connectivity index (χ0) is 21.0. The second-order valence-corrected chi connectivity index (χ2v) is 8.73. The van der Waals surface area contributed by atoms with E-state index in [0.717, 1.165) is 47.2 Å². The Morgan fingerprint density at radius 3 is 2.52 bits per heavy atom. The van der Waals surface area contributed by atoms with Crippen LogP contribution >= 0.6 is 11.8 Å². The maximum atomic E-state index is 12.7. The number of likely N-dealkylation sites (tertiary alicyclic amines) is 1. The fraction of sp³-hybridized carbons (Fsp3) is 0.500. The smallest absolute Gasteiger partial charge is 0.294 e. The van der Waals surface area contributed by atoms with E-state index < -0.39 is 11.1 Å². The van der Waals surface area contributed by atoms with E-state index in [0.29, 0.717) is 23.9 Å². The van der Waals surface area contributed by atoms with Crippen molar-refractivity contribution in [3.8, 4) is 5.75 Å². The van der Waals surface area contributed by atoms with Gasteiger partial charge in [-0.3, -0.25) is 19.3 Å². The molecule has 0 aliphatic carbocycles. The Labute approximate surface area is 176 Å². The molecule has 0 bridgehead atoms. The van der Waals surface area contributed by atoms with Gasteiger partial charge in [0.25, 0.3) is 11.1 Å². The molecule has 0 radical (unpaired) electrons. The summed E-state index contributed by atoms with van der Waals surface area (Å²) in [5, 5.41) is -0.392. The van der Waals surface area contributed by atoms with Crippen molar-refractivity contribution in [3.63, 3.8) is 0 Å². The van der Waals surface area contributed by atoms with Gasteiger partial charge in [0, 0.05) is 13.1 Å². The molecule has 1 atom stereocenters. The largest absolute Gasteiger partial charge is 0.491 e. The van der Waals surface area contributed by atoms with Crippen LogP contribution in [-0.4, -0.2) is 52.6 Å². The Bertz CT molecular complexity index is 798. The van der Waals surface area contributed by atoms with Crippen LogP contribution in [0.3, 0.4) is 0 Å². The summed E-state index contributed by atoms with van der Waals surface area (Å²) in [5.41, 5.74) is 0.809. The zero-order valence-corrected chi connectivity index (χ0v) is 18.0. The topological polar surface area (TPSA) is 66.9 Å². The molecule has 6 nitrogen and oxygen atoms in total. The van der Waals surface area contributed by atoms with Crippen molar-refractivity contribution in [2.45, 2.75) is 46.1 Å². The third-order valence-corrected chi connectivity index (χ3v) is 6.30. The normalized spacial score (nSPS) is 20.4. The lowest BCUT2D eigenvalue weighted by Gasteiger charge is -2.31. The number of ether oxygens (including phenoxy) is 1. The molecular weight excluding hydrogens is 388 g/mol. The summed E-state index contributed by atoms with van der Waals surface area (Å²) in [7, 11) is 0. The van der Waals surface area contributed by atoms with E-state index in [1.54, 1.807) is 11.0 Å². The van der Waals surface area contributed by atoms with Gasteiger partial charge in [-0.05, 0) is 67.6 Å². The first-order valence-corrected chi connectivity index (χ1v) is 11.0. The number of benzene rings is 1. The van der Waals surface area contributed by atoms with Crippen LogP contribution in [0.5, 0.6) is 5.75 Å². The average molecular weight is 417 g/mol. The molecule has 2 saturated heterocycles. The maximum absolute atomic E-state index is 12.7. The Balaban J connectivity index is 1.63. The molecule has 0 aromatic heterocycles. The second kappa shape index (κ2) is 9.48. The molecule has 3 amide bonds. The van der Waals surface area contributed by atoms with Gasteiger partial charge in [0.1, 0.15) is 12.3 Å². The highest BCUT2D eigenvalue weighted by Gasteiger charge is 2.37. The summed E-state index contributed by atoms with van der Waals surface area (Å²) in [4.78, 5) is 40.6. The summed E-state index contributed by atoms with van der Waals surface area (Å²) in [6.45, 7) is 7.44. The number of imide groups is 1. The predicted molar refractivity (Wildman–Crippen MR) is 114 cm³/mol. The molecule has 2 aliphatic rings. The maximum Gasteiger partial charge on any atom is 0.294 e. The summed E-state index contributed by atoms with van der Waals surface area (Å²) >= 11 is 0.881. The van der Waals surface area contributed by atoms with Gasteiger partial charge >= 0.3 is 0 Å². The van der Waals surface area contributed by atoms with E-state index >= 15 is 0 Å². The first-order valence-electron chi connectivity index (χ1n) is 10.2. The van der Waals surface area contributed by atoms with Crippen LogP contribution in [0.15, 0.2) is 29.2 Å². The summed E-state index contributed by atoms with van der Waals surface area (Å²) < 4.78 is 5.75. The number of carbonyl (C=O) groups is 3. The Kier molecular flexibility index (Phi) is 7.00. The average Bonchev–Trinajstić information content (AvgIpc) is 2.97. The molecule has 0 saturated carbocycles. The van der Waals surface area contributed by atoms with E-state index in [1.807, 2.05) is 31.2 Å². The van der Waals surface area contributed by atoms with Crippen molar-refractivity contribution in [2.75, 3.05) is 19.6 Å². The van der Waals surface area contributed by atoms with Gasteiger partial charge in [0.05, 0.1) is 11.0 Å². The lowest BCUT2D eigenvalue weighted by molar-refractivity contribution is -0.136. The first kappa shape index (κ1) is 21.4. The van der Waals surface area contributed by atoms with Gasteiger partial charge in [0.15, 0.2) is 0 Å². The highest BCUT2D eigenvalue weighted by Crippen LogP contribution is 2.32. The molecule has 1 aromatic carbocycles. The van der Waals surface area contributed by atoms with Gasteiger partial charge in [0.2, 0.25) is 5.91 Å². The number of nitrogens with zero attached hydrogens (tertiary/aromatic N) is 2. The molecule has 3 rings (SSSR count). The van der Waals surface area contributed by atoms with Gasteiger partial charge in [-0.25, -0.2) is 0 Å². The molecule has 2 fully saturated rings. The number of piperidine rings is 1. The van der Waals surface area contributed by atoms with E-state index in [-0.39, 0.29) is 18.6 Å². The molecule has 2 heterocycles. The van der Waals surface area contributed by atoms with Gasteiger partial charge < -0.3 is 9.64 Å². The van der Waals surface area contributed by atoms with E-state index in [1.165, 1.54) is 0 Å². The fourth-order valence-corrected chi connectivity index (χ4v) is 4.08. The van der Waals surface area contributed by atoms with Crippen LogP contribution < -0.4 is 4.74 Å². The van der Waals surface area contributed by atoms with Crippen molar-refractivity contribution < 1.29 is 19.1 Å². The SMILES string of the molecule is CC[C@@H](C)Oc1ccc(/C=C2\SC(=O)N(CC(=O)N3CCC(C)CC3)C2=O)cc1. The molecule has 0 spiro atoms. The Hall–Kier alpha value is -2.28. The van der Waals surface area contributed by atoms with E-state index in [4.69, 9.17) is 4.74 Å². The molecular formula is C22H28N2O4S. The van der Waals surface area contributed by atoms with Crippen LogP contribution in [0.2, 0.25) is 0 Å². The Morgan fingerprint density at radius 1 is 1.24 bits per heavy atom. The van der Waals surface area contributed by atoms with E-state index in [9.17, 15) is 14.4 Å². The van der Waals surface area contributed by atoms with Crippen molar-refractivity contribution >= 4 is 34.9 Å². The minimum Gasteiger partial charge on any atom is -0.491 e. The quantitative estimate of drug-likeness (QED) is 0.652. The summed E-state index contributed by atoms with van der Waals surface area (Å²) in [5.74, 6) is 0.817. The van der Waals surface area contributed by atoms with Crippen molar-refractivity contribution in [1.82, 2.24) is 9.80 Å². The number of rotatable bonds is 6. The fourth-order valence-electron chi connectivity index (χ4n) is 3.24. The van der Waals surface area contributed by atoms with Gasteiger partial charge in [-0.1, -0.05) is 26.0 Å². The monoisotopic (exact) mass is 416 g/mol. The highest BCUT2D eigenvalue weighted by molar-refractivity contribution is 8.18. The van der Waals surface area contributed by atoms with Crippen LogP contribution in [0.1, 0.15) is 45.6 Å². The molecule has 2 aliphatic heterocycles. The van der Waals surface area contributed by atoms with Crippen molar-refractivity contribution in [1.29, 1.82) is 0 Å². The lowest BCUT2D eigenvalue weighted by atomic mass is 9.99. The number of carbonyl (C=O) groups excluding carboxylic acids is 3.